The zero-order chi connectivity index (χ0) is 22.7. The number of hydrogen-bond donors (Lipinski definition) is 1. The van der Waals surface area contributed by atoms with Crippen LogP contribution in [0.4, 0.5) is 0 Å². The second-order valence-corrected chi connectivity index (χ2v) is 7.45. The maximum Gasteiger partial charge on any atom is 0.273 e. The largest absolute Gasteiger partial charge is 0.497 e. The van der Waals surface area contributed by atoms with Crippen LogP contribution in [0.5, 0.6) is 17.2 Å². The number of fused-ring (bicyclic) bond motifs is 1. The van der Waals surface area contributed by atoms with Gasteiger partial charge >= 0.3 is 0 Å². The van der Waals surface area contributed by atoms with Crippen LogP contribution in [0.3, 0.4) is 0 Å². The summed E-state index contributed by atoms with van der Waals surface area (Å²) in [6.07, 6.45) is 0.734. The molecule has 0 fully saturated rings. The van der Waals surface area contributed by atoms with Crippen LogP contribution in [0, 0.1) is 0 Å². The molecule has 0 bridgehead atoms. The topological polar surface area (TPSA) is 85.9 Å². The summed E-state index contributed by atoms with van der Waals surface area (Å²) in [6, 6.07) is 13.1. The van der Waals surface area contributed by atoms with Gasteiger partial charge in [0.1, 0.15) is 11.4 Å². The number of hydrogen-bond acceptors (Lipinski definition) is 6. The molecule has 2 heterocycles. The molecule has 0 aliphatic carbocycles. The average Bonchev–Trinajstić information content (AvgIpc) is 3.38. The van der Waals surface area contributed by atoms with Gasteiger partial charge in [-0.1, -0.05) is 12.1 Å². The Balaban J connectivity index is 1.81. The third-order valence-corrected chi connectivity index (χ3v) is 5.70. The molecule has 2 aromatic carbocycles. The van der Waals surface area contributed by atoms with Crippen LogP contribution in [0.2, 0.25) is 0 Å². The molecule has 0 saturated carbocycles. The third kappa shape index (κ3) is 3.78. The molecule has 8 heteroatoms. The smallest absolute Gasteiger partial charge is 0.273 e. The molecule has 0 radical (unpaired) electrons. The molecule has 1 unspecified atom stereocenters. The van der Waals surface area contributed by atoms with Crippen LogP contribution < -0.4 is 14.2 Å². The van der Waals surface area contributed by atoms with E-state index in [0.29, 0.717) is 36.0 Å². The van der Waals surface area contributed by atoms with Crippen LogP contribution in [-0.2, 0) is 4.74 Å². The molecule has 0 spiro atoms. The van der Waals surface area contributed by atoms with E-state index < -0.39 is 0 Å². The number of aromatic nitrogens is 2. The SMILES string of the molecule is COCCCN1C(=O)c2[nH]nc(-c3ccc(OC)c(OC)c3)c2C1c1ccc(OC)cc1. The highest BCUT2D eigenvalue weighted by Gasteiger charge is 2.42. The maximum absolute atomic E-state index is 13.3. The van der Waals surface area contributed by atoms with Gasteiger partial charge in [-0.25, -0.2) is 0 Å². The van der Waals surface area contributed by atoms with E-state index in [1.54, 1.807) is 28.4 Å². The lowest BCUT2D eigenvalue weighted by Gasteiger charge is -2.26. The van der Waals surface area contributed by atoms with Gasteiger partial charge in [0, 0.05) is 31.4 Å². The molecule has 1 aromatic heterocycles. The molecule has 3 aromatic rings. The Morgan fingerprint density at radius 1 is 0.969 bits per heavy atom. The summed E-state index contributed by atoms with van der Waals surface area (Å²) in [6.45, 7) is 1.14. The Labute approximate surface area is 187 Å². The van der Waals surface area contributed by atoms with E-state index in [9.17, 15) is 4.79 Å². The highest BCUT2D eigenvalue weighted by molar-refractivity contribution is 6.00. The quantitative estimate of drug-likeness (QED) is 0.514. The van der Waals surface area contributed by atoms with Crippen molar-refractivity contribution in [1.29, 1.82) is 0 Å². The zero-order valence-corrected chi connectivity index (χ0v) is 18.7. The van der Waals surface area contributed by atoms with Crippen LogP contribution >= 0.6 is 0 Å². The fourth-order valence-electron chi connectivity index (χ4n) is 4.14. The van der Waals surface area contributed by atoms with Gasteiger partial charge in [-0.15, -0.1) is 0 Å². The lowest BCUT2D eigenvalue weighted by molar-refractivity contribution is 0.0723. The molecule has 0 saturated heterocycles. The molecule has 1 atom stereocenters. The lowest BCUT2D eigenvalue weighted by Crippen LogP contribution is -2.31. The van der Waals surface area contributed by atoms with Gasteiger partial charge < -0.3 is 23.8 Å². The van der Waals surface area contributed by atoms with E-state index in [2.05, 4.69) is 10.2 Å². The molecule has 1 aliphatic heterocycles. The highest BCUT2D eigenvalue weighted by Crippen LogP contribution is 2.44. The first-order valence-corrected chi connectivity index (χ1v) is 10.4. The molecule has 4 rings (SSSR count). The first-order chi connectivity index (χ1) is 15.6. The number of carbonyl (C=O) groups excluding carboxylic acids is 1. The summed E-state index contributed by atoms with van der Waals surface area (Å²) in [7, 11) is 6.49. The molecular weight excluding hydrogens is 410 g/mol. The van der Waals surface area contributed by atoms with Gasteiger partial charge in [0.05, 0.1) is 33.1 Å². The predicted octanol–water partition coefficient (Wildman–Crippen LogP) is 3.68. The lowest BCUT2D eigenvalue weighted by atomic mass is 9.95. The number of nitrogens with one attached hydrogen (secondary N) is 1. The van der Waals surface area contributed by atoms with Crippen molar-refractivity contribution >= 4 is 5.91 Å². The van der Waals surface area contributed by atoms with Gasteiger partial charge in [-0.2, -0.15) is 5.10 Å². The maximum atomic E-state index is 13.3. The summed E-state index contributed by atoms with van der Waals surface area (Å²) in [5.41, 5.74) is 3.89. The first-order valence-electron chi connectivity index (χ1n) is 10.4. The van der Waals surface area contributed by atoms with Crippen LogP contribution in [0.15, 0.2) is 42.5 Å². The Morgan fingerprint density at radius 3 is 2.38 bits per heavy atom. The van der Waals surface area contributed by atoms with Crippen molar-refractivity contribution in [2.24, 2.45) is 0 Å². The molecule has 32 heavy (non-hydrogen) atoms. The number of aromatic amines is 1. The molecule has 1 aliphatic rings. The van der Waals surface area contributed by atoms with Crippen molar-refractivity contribution in [2.75, 3.05) is 41.6 Å². The van der Waals surface area contributed by atoms with Gasteiger partial charge in [0.2, 0.25) is 0 Å². The van der Waals surface area contributed by atoms with E-state index in [1.165, 1.54) is 0 Å². The second kappa shape index (κ2) is 9.32. The van der Waals surface area contributed by atoms with Gasteiger partial charge in [0.25, 0.3) is 5.91 Å². The Kier molecular flexibility index (Phi) is 6.32. The van der Waals surface area contributed by atoms with E-state index >= 15 is 0 Å². The minimum atomic E-state index is -0.276. The van der Waals surface area contributed by atoms with Gasteiger partial charge in [0.15, 0.2) is 11.5 Å². The van der Waals surface area contributed by atoms with Crippen molar-refractivity contribution in [3.8, 4) is 28.5 Å². The number of methoxy groups -OCH3 is 4. The van der Waals surface area contributed by atoms with Crippen molar-refractivity contribution in [2.45, 2.75) is 12.5 Å². The summed E-state index contributed by atoms with van der Waals surface area (Å²) in [4.78, 5) is 15.2. The van der Waals surface area contributed by atoms with Crippen molar-refractivity contribution < 1.29 is 23.7 Å². The number of benzene rings is 2. The van der Waals surface area contributed by atoms with E-state index in [-0.39, 0.29) is 11.9 Å². The monoisotopic (exact) mass is 437 g/mol. The van der Waals surface area contributed by atoms with Crippen molar-refractivity contribution in [3.05, 3.63) is 59.3 Å². The molecule has 168 valence electrons. The standard InChI is InChI=1S/C24H27N3O5/c1-29-13-5-12-27-23(15-6-9-17(30-2)10-7-15)20-21(25-26-22(20)24(27)28)16-8-11-18(31-3)19(14-16)32-4/h6-11,14,23H,5,12-13H2,1-4H3,(H,25,26). The number of nitrogens with zero attached hydrogens (tertiary/aromatic N) is 2. The summed E-state index contributed by atoms with van der Waals surface area (Å²) in [5.74, 6) is 1.92. The molecule has 8 nitrogen and oxygen atoms in total. The summed E-state index contributed by atoms with van der Waals surface area (Å²) >= 11 is 0. The minimum Gasteiger partial charge on any atom is -0.497 e. The highest BCUT2D eigenvalue weighted by atomic mass is 16.5. The fraction of sp³-hybridized carbons (Fsp3) is 0.333. The van der Waals surface area contributed by atoms with E-state index in [1.807, 2.05) is 47.4 Å². The molecule has 1 amide bonds. The summed E-state index contributed by atoms with van der Waals surface area (Å²) < 4.78 is 21.4. The second-order valence-electron chi connectivity index (χ2n) is 7.45. The van der Waals surface area contributed by atoms with Crippen LogP contribution in [0.1, 0.15) is 34.1 Å². The van der Waals surface area contributed by atoms with Crippen LogP contribution in [-0.4, -0.2) is 62.6 Å². The Bertz CT molecular complexity index is 1090. The summed E-state index contributed by atoms with van der Waals surface area (Å²) in [5, 5.41) is 7.49. The fourth-order valence-corrected chi connectivity index (χ4v) is 4.14. The third-order valence-electron chi connectivity index (χ3n) is 5.70. The number of amides is 1. The number of ether oxygens (including phenoxy) is 4. The minimum absolute atomic E-state index is 0.0730. The number of H-pyrrole nitrogens is 1. The predicted molar refractivity (Wildman–Crippen MR) is 119 cm³/mol. The number of carbonyl (C=O) groups is 1. The Hall–Kier alpha value is -3.52. The van der Waals surface area contributed by atoms with E-state index in [0.717, 1.165) is 28.9 Å². The van der Waals surface area contributed by atoms with E-state index in [4.69, 9.17) is 18.9 Å². The van der Waals surface area contributed by atoms with Crippen molar-refractivity contribution in [3.63, 3.8) is 0 Å². The molecular formula is C24H27N3O5. The van der Waals surface area contributed by atoms with Crippen molar-refractivity contribution in [1.82, 2.24) is 15.1 Å². The molecule has 1 N–H and O–H groups in total. The van der Waals surface area contributed by atoms with Gasteiger partial charge in [-0.05, 0) is 42.3 Å². The normalized spacial score (nSPS) is 15.1. The Morgan fingerprint density at radius 2 is 1.72 bits per heavy atom. The van der Waals surface area contributed by atoms with Crippen LogP contribution in [0.25, 0.3) is 11.3 Å². The average molecular weight is 437 g/mol. The number of rotatable bonds is 9. The zero-order valence-electron chi connectivity index (χ0n) is 18.7. The first kappa shape index (κ1) is 21.7. The van der Waals surface area contributed by atoms with Gasteiger partial charge in [-0.3, -0.25) is 9.89 Å².